The summed E-state index contributed by atoms with van der Waals surface area (Å²) in [6, 6.07) is 3.71. The first-order valence-corrected chi connectivity index (χ1v) is 6.39. The second-order valence-electron chi connectivity index (χ2n) is 4.55. The largest absolute Gasteiger partial charge is 0.416 e. The number of imidazole rings is 1. The molecule has 0 atom stereocenters. The van der Waals surface area contributed by atoms with Crippen LogP contribution in [-0.4, -0.2) is 16.1 Å². The van der Waals surface area contributed by atoms with E-state index in [1.165, 1.54) is 6.07 Å². The lowest BCUT2D eigenvalue weighted by atomic mass is 10.1. The molecule has 0 aliphatic rings. The van der Waals surface area contributed by atoms with Gasteiger partial charge < -0.3 is 5.32 Å². The second-order valence-corrected chi connectivity index (χ2v) is 4.55. The predicted molar refractivity (Wildman–Crippen MR) is 72.1 cm³/mol. The zero-order valence-corrected chi connectivity index (χ0v) is 11.3. The van der Waals surface area contributed by atoms with Crippen LogP contribution in [0.4, 0.5) is 19.1 Å². The number of halogens is 3. The Balaban J connectivity index is 2.44. The maximum Gasteiger partial charge on any atom is 0.416 e. The lowest BCUT2D eigenvalue weighted by Gasteiger charge is -2.14. The Bertz CT molecular complexity index is 588. The number of hydrogen-bond donors (Lipinski definition) is 1. The molecule has 0 saturated carbocycles. The van der Waals surface area contributed by atoms with Crippen LogP contribution in [0.15, 0.2) is 30.6 Å². The first-order chi connectivity index (χ1) is 9.43. The van der Waals surface area contributed by atoms with Gasteiger partial charge in [-0.25, -0.2) is 4.98 Å². The van der Waals surface area contributed by atoms with Gasteiger partial charge in [-0.2, -0.15) is 13.2 Å². The van der Waals surface area contributed by atoms with Crippen molar-refractivity contribution in [3.05, 3.63) is 41.7 Å². The summed E-state index contributed by atoms with van der Waals surface area (Å²) in [6.45, 7) is 4.50. The predicted octanol–water partition coefficient (Wildman–Crippen LogP) is 4.02. The molecule has 1 aromatic heterocycles. The minimum Gasteiger partial charge on any atom is -0.355 e. The molecule has 1 N–H and O–H groups in total. The van der Waals surface area contributed by atoms with E-state index in [1.807, 2.05) is 6.92 Å². The summed E-state index contributed by atoms with van der Waals surface area (Å²) >= 11 is 0. The first-order valence-electron chi connectivity index (χ1n) is 6.39. The van der Waals surface area contributed by atoms with E-state index < -0.39 is 11.7 Å². The molecule has 0 aliphatic carbocycles. The lowest BCUT2D eigenvalue weighted by molar-refractivity contribution is -0.137. The van der Waals surface area contributed by atoms with Crippen molar-refractivity contribution in [3.63, 3.8) is 0 Å². The normalized spacial score (nSPS) is 11.7. The van der Waals surface area contributed by atoms with Crippen LogP contribution in [0.5, 0.6) is 0 Å². The Hall–Kier alpha value is -1.98. The van der Waals surface area contributed by atoms with Crippen LogP contribution in [0.3, 0.4) is 0 Å². The van der Waals surface area contributed by atoms with Gasteiger partial charge in [0.25, 0.3) is 0 Å². The molecule has 0 unspecified atom stereocenters. The third-order valence-corrected chi connectivity index (χ3v) is 2.97. The fraction of sp³-hybridized carbons (Fsp3) is 0.357. The summed E-state index contributed by atoms with van der Waals surface area (Å²) in [6.07, 6.45) is -0.216. The number of rotatable bonds is 4. The number of anilines is 1. The molecule has 0 amide bonds. The van der Waals surface area contributed by atoms with Gasteiger partial charge in [-0.15, -0.1) is 0 Å². The fourth-order valence-corrected chi connectivity index (χ4v) is 1.91. The third-order valence-electron chi connectivity index (χ3n) is 2.97. The molecule has 3 nitrogen and oxygen atoms in total. The zero-order chi connectivity index (χ0) is 14.8. The van der Waals surface area contributed by atoms with E-state index in [9.17, 15) is 13.2 Å². The summed E-state index contributed by atoms with van der Waals surface area (Å²) in [7, 11) is 0. The van der Waals surface area contributed by atoms with Crippen LogP contribution in [0.1, 0.15) is 24.5 Å². The SMILES string of the molecule is CCCNc1nccn1-c1cc(C(F)(F)F)ccc1C. The maximum atomic E-state index is 12.8. The number of nitrogens with zero attached hydrogens (tertiary/aromatic N) is 2. The Morgan fingerprint density at radius 1 is 1.30 bits per heavy atom. The highest BCUT2D eigenvalue weighted by molar-refractivity contribution is 5.49. The molecule has 0 fully saturated rings. The van der Waals surface area contributed by atoms with Gasteiger partial charge in [0.1, 0.15) is 0 Å². The van der Waals surface area contributed by atoms with Crippen molar-refractivity contribution >= 4 is 5.95 Å². The molecular weight excluding hydrogens is 267 g/mol. The van der Waals surface area contributed by atoms with E-state index in [2.05, 4.69) is 10.3 Å². The number of hydrogen-bond acceptors (Lipinski definition) is 2. The standard InChI is InChI=1S/C14H16F3N3/c1-3-6-18-13-19-7-8-20(13)12-9-11(14(15,16)17)5-4-10(12)2/h4-5,7-9H,3,6H2,1-2H3,(H,18,19). The van der Waals surface area contributed by atoms with Gasteiger partial charge in [0.05, 0.1) is 11.3 Å². The molecule has 1 heterocycles. The fourth-order valence-electron chi connectivity index (χ4n) is 1.91. The molecule has 0 aliphatic heterocycles. The Kier molecular flexibility index (Phi) is 4.01. The lowest BCUT2D eigenvalue weighted by Crippen LogP contribution is -2.10. The number of aryl methyl sites for hydroxylation is 1. The molecule has 0 spiro atoms. The van der Waals surface area contributed by atoms with Crippen molar-refractivity contribution in [2.75, 3.05) is 11.9 Å². The van der Waals surface area contributed by atoms with Crippen molar-refractivity contribution in [1.29, 1.82) is 0 Å². The minimum absolute atomic E-state index is 0.482. The van der Waals surface area contributed by atoms with Crippen LogP contribution in [0.2, 0.25) is 0 Å². The third kappa shape index (κ3) is 2.95. The van der Waals surface area contributed by atoms with E-state index in [0.29, 0.717) is 11.6 Å². The quantitative estimate of drug-likeness (QED) is 0.918. The van der Waals surface area contributed by atoms with E-state index in [4.69, 9.17) is 0 Å². The zero-order valence-electron chi connectivity index (χ0n) is 11.3. The monoisotopic (exact) mass is 283 g/mol. The van der Waals surface area contributed by atoms with Gasteiger partial charge in [0.15, 0.2) is 0 Å². The molecule has 6 heteroatoms. The van der Waals surface area contributed by atoms with Crippen molar-refractivity contribution in [2.45, 2.75) is 26.4 Å². The minimum atomic E-state index is -4.35. The van der Waals surface area contributed by atoms with E-state index >= 15 is 0 Å². The van der Waals surface area contributed by atoms with Crippen molar-refractivity contribution in [2.24, 2.45) is 0 Å². The van der Waals surface area contributed by atoms with E-state index in [0.717, 1.165) is 30.7 Å². The number of nitrogens with one attached hydrogen (secondary N) is 1. The van der Waals surface area contributed by atoms with Gasteiger partial charge in [0.2, 0.25) is 5.95 Å². The topological polar surface area (TPSA) is 29.9 Å². The van der Waals surface area contributed by atoms with Crippen molar-refractivity contribution in [3.8, 4) is 5.69 Å². The van der Waals surface area contributed by atoms with Gasteiger partial charge in [-0.05, 0) is 31.0 Å². The van der Waals surface area contributed by atoms with Gasteiger partial charge >= 0.3 is 6.18 Å². The average Bonchev–Trinajstić information content (AvgIpc) is 2.83. The molecule has 0 saturated heterocycles. The highest BCUT2D eigenvalue weighted by Gasteiger charge is 2.31. The first kappa shape index (κ1) is 14.4. The highest BCUT2D eigenvalue weighted by Crippen LogP contribution is 2.32. The molecule has 2 aromatic rings. The van der Waals surface area contributed by atoms with Gasteiger partial charge in [-0.1, -0.05) is 13.0 Å². The maximum absolute atomic E-state index is 12.8. The van der Waals surface area contributed by atoms with Crippen molar-refractivity contribution < 1.29 is 13.2 Å². The van der Waals surface area contributed by atoms with E-state index in [-0.39, 0.29) is 0 Å². The molecule has 20 heavy (non-hydrogen) atoms. The molecule has 2 rings (SSSR count). The second kappa shape index (κ2) is 5.56. The molecule has 1 aromatic carbocycles. The summed E-state index contributed by atoms with van der Waals surface area (Å²) in [5.74, 6) is 0.550. The molecule has 108 valence electrons. The highest BCUT2D eigenvalue weighted by atomic mass is 19.4. The molecule has 0 bridgehead atoms. The Labute approximate surface area is 115 Å². The Morgan fingerprint density at radius 2 is 2.05 bits per heavy atom. The molecule has 0 radical (unpaired) electrons. The summed E-state index contributed by atoms with van der Waals surface area (Å²) in [5, 5.41) is 3.10. The summed E-state index contributed by atoms with van der Waals surface area (Å²) in [4.78, 5) is 4.13. The Morgan fingerprint density at radius 3 is 2.70 bits per heavy atom. The number of alkyl halides is 3. The number of aromatic nitrogens is 2. The molecular formula is C14H16F3N3. The van der Waals surface area contributed by atoms with Crippen LogP contribution in [-0.2, 0) is 6.18 Å². The van der Waals surface area contributed by atoms with Crippen molar-refractivity contribution in [1.82, 2.24) is 9.55 Å². The number of benzene rings is 1. The van der Waals surface area contributed by atoms with Gasteiger partial charge in [0, 0.05) is 18.9 Å². The van der Waals surface area contributed by atoms with E-state index in [1.54, 1.807) is 23.9 Å². The van der Waals surface area contributed by atoms with Crippen LogP contribution >= 0.6 is 0 Å². The van der Waals surface area contributed by atoms with Crippen LogP contribution in [0.25, 0.3) is 5.69 Å². The van der Waals surface area contributed by atoms with Crippen LogP contribution < -0.4 is 5.32 Å². The summed E-state index contributed by atoms with van der Waals surface area (Å²) in [5.41, 5.74) is 0.583. The van der Waals surface area contributed by atoms with Crippen LogP contribution in [0, 0.1) is 6.92 Å². The smallest absolute Gasteiger partial charge is 0.355 e. The average molecular weight is 283 g/mol. The van der Waals surface area contributed by atoms with Gasteiger partial charge in [-0.3, -0.25) is 4.57 Å². The summed E-state index contributed by atoms with van der Waals surface area (Å²) < 4.78 is 40.1.